The van der Waals surface area contributed by atoms with Gasteiger partial charge < -0.3 is 9.52 Å². The summed E-state index contributed by atoms with van der Waals surface area (Å²) in [6.45, 7) is 1.60. The van der Waals surface area contributed by atoms with Crippen molar-refractivity contribution in [3.8, 4) is 11.3 Å². The minimum Gasteiger partial charge on any atom is -0.456 e. The molecule has 0 fully saturated rings. The largest absolute Gasteiger partial charge is 0.456 e. The van der Waals surface area contributed by atoms with Crippen molar-refractivity contribution in [2.75, 3.05) is 0 Å². The van der Waals surface area contributed by atoms with Crippen LogP contribution in [-0.4, -0.2) is 5.11 Å². The van der Waals surface area contributed by atoms with Gasteiger partial charge in [-0.2, -0.15) is 0 Å². The SMILES string of the molecule is Cc1cc(-c2oc3ccccc3c2CO)ccc1F. The van der Waals surface area contributed by atoms with E-state index in [1.54, 1.807) is 19.1 Å². The predicted molar refractivity (Wildman–Crippen MR) is 72.3 cm³/mol. The maximum Gasteiger partial charge on any atom is 0.140 e. The van der Waals surface area contributed by atoms with Crippen LogP contribution in [0.4, 0.5) is 4.39 Å². The number of hydrogen-bond acceptors (Lipinski definition) is 2. The molecule has 0 aliphatic rings. The average molecular weight is 256 g/mol. The van der Waals surface area contributed by atoms with Gasteiger partial charge in [-0.1, -0.05) is 18.2 Å². The third-order valence-corrected chi connectivity index (χ3v) is 3.28. The summed E-state index contributed by atoms with van der Waals surface area (Å²) >= 11 is 0. The molecule has 0 aliphatic heterocycles. The zero-order valence-corrected chi connectivity index (χ0v) is 10.5. The Morgan fingerprint density at radius 3 is 2.68 bits per heavy atom. The van der Waals surface area contributed by atoms with Crippen LogP contribution in [0.25, 0.3) is 22.3 Å². The van der Waals surface area contributed by atoms with Gasteiger partial charge in [-0.3, -0.25) is 0 Å². The van der Waals surface area contributed by atoms with Gasteiger partial charge in [0.2, 0.25) is 0 Å². The lowest BCUT2D eigenvalue weighted by Crippen LogP contribution is -1.87. The average Bonchev–Trinajstić information content (AvgIpc) is 2.80. The van der Waals surface area contributed by atoms with Crippen LogP contribution in [0.15, 0.2) is 46.9 Å². The van der Waals surface area contributed by atoms with Gasteiger partial charge in [-0.25, -0.2) is 4.39 Å². The van der Waals surface area contributed by atoms with Crippen LogP contribution in [0.1, 0.15) is 11.1 Å². The van der Waals surface area contributed by atoms with Crippen molar-refractivity contribution < 1.29 is 13.9 Å². The van der Waals surface area contributed by atoms with Crippen molar-refractivity contribution in [1.29, 1.82) is 0 Å². The van der Waals surface area contributed by atoms with E-state index in [-0.39, 0.29) is 12.4 Å². The first kappa shape index (κ1) is 11.9. The number of furan rings is 1. The summed E-state index contributed by atoms with van der Waals surface area (Å²) in [5.74, 6) is 0.359. The lowest BCUT2D eigenvalue weighted by atomic mass is 10.0. The highest BCUT2D eigenvalue weighted by atomic mass is 19.1. The van der Waals surface area contributed by atoms with Gasteiger partial charge in [-0.05, 0) is 36.8 Å². The summed E-state index contributed by atoms with van der Waals surface area (Å²) in [6.07, 6.45) is 0. The topological polar surface area (TPSA) is 33.4 Å². The molecular formula is C16H13FO2. The Morgan fingerprint density at radius 2 is 1.95 bits per heavy atom. The molecular weight excluding hydrogens is 243 g/mol. The fourth-order valence-electron chi connectivity index (χ4n) is 2.27. The summed E-state index contributed by atoms with van der Waals surface area (Å²) in [6, 6.07) is 12.4. The fourth-order valence-corrected chi connectivity index (χ4v) is 2.27. The quantitative estimate of drug-likeness (QED) is 0.750. The molecule has 3 heteroatoms. The third kappa shape index (κ3) is 1.92. The number of fused-ring (bicyclic) bond motifs is 1. The van der Waals surface area contributed by atoms with Crippen molar-refractivity contribution >= 4 is 11.0 Å². The molecule has 2 nitrogen and oxygen atoms in total. The van der Waals surface area contributed by atoms with Gasteiger partial charge in [0.05, 0.1) is 6.61 Å². The van der Waals surface area contributed by atoms with Crippen molar-refractivity contribution in [2.24, 2.45) is 0 Å². The van der Waals surface area contributed by atoms with E-state index >= 15 is 0 Å². The molecule has 3 aromatic rings. The molecule has 1 N–H and O–H groups in total. The second-order valence-corrected chi connectivity index (χ2v) is 4.53. The number of halogens is 1. The van der Waals surface area contributed by atoms with E-state index < -0.39 is 0 Å². The van der Waals surface area contributed by atoms with E-state index in [0.29, 0.717) is 11.3 Å². The standard InChI is InChI=1S/C16H13FO2/c1-10-8-11(6-7-14(10)17)16-13(9-18)12-4-2-3-5-15(12)19-16/h2-8,18H,9H2,1H3. The zero-order valence-electron chi connectivity index (χ0n) is 10.5. The second-order valence-electron chi connectivity index (χ2n) is 4.53. The molecule has 1 aromatic heterocycles. The van der Waals surface area contributed by atoms with Crippen molar-refractivity contribution in [3.63, 3.8) is 0 Å². The molecule has 0 saturated heterocycles. The van der Waals surface area contributed by atoms with E-state index in [1.807, 2.05) is 24.3 Å². The van der Waals surface area contributed by atoms with Gasteiger partial charge in [0.15, 0.2) is 0 Å². The van der Waals surface area contributed by atoms with Crippen LogP contribution >= 0.6 is 0 Å². The minimum atomic E-state index is -0.245. The summed E-state index contributed by atoms with van der Waals surface area (Å²) in [7, 11) is 0. The van der Waals surface area contributed by atoms with E-state index in [9.17, 15) is 9.50 Å². The molecule has 19 heavy (non-hydrogen) atoms. The molecule has 0 saturated carbocycles. The summed E-state index contributed by atoms with van der Waals surface area (Å²) in [5, 5.41) is 10.4. The number of rotatable bonds is 2. The number of hydrogen-bond donors (Lipinski definition) is 1. The molecule has 0 aliphatic carbocycles. The number of aliphatic hydroxyl groups excluding tert-OH is 1. The van der Waals surface area contributed by atoms with Crippen molar-refractivity contribution in [1.82, 2.24) is 0 Å². The molecule has 0 atom stereocenters. The molecule has 0 amide bonds. The van der Waals surface area contributed by atoms with Crippen LogP contribution in [0.2, 0.25) is 0 Å². The molecule has 0 bridgehead atoms. The van der Waals surface area contributed by atoms with Gasteiger partial charge in [-0.15, -0.1) is 0 Å². The van der Waals surface area contributed by atoms with Crippen LogP contribution in [0.3, 0.4) is 0 Å². The normalized spacial score (nSPS) is 11.1. The first-order chi connectivity index (χ1) is 9.20. The first-order valence-electron chi connectivity index (χ1n) is 6.08. The summed E-state index contributed by atoms with van der Waals surface area (Å²) in [5.41, 5.74) is 2.80. The Balaban J connectivity index is 2.26. The van der Waals surface area contributed by atoms with Crippen LogP contribution in [-0.2, 0) is 6.61 Å². The third-order valence-electron chi connectivity index (χ3n) is 3.28. The van der Waals surface area contributed by atoms with E-state index in [1.165, 1.54) is 6.07 Å². The van der Waals surface area contributed by atoms with Gasteiger partial charge >= 0.3 is 0 Å². The smallest absolute Gasteiger partial charge is 0.140 e. The van der Waals surface area contributed by atoms with Crippen LogP contribution < -0.4 is 0 Å². The molecule has 0 unspecified atom stereocenters. The summed E-state index contributed by atoms with van der Waals surface area (Å²) in [4.78, 5) is 0. The first-order valence-corrected chi connectivity index (χ1v) is 6.08. The highest BCUT2D eigenvalue weighted by molar-refractivity contribution is 5.87. The second kappa shape index (κ2) is 4.52. The highest BCUT2D eigenvalue weighted by Crippen LogP contribution is 2.34. The summed E-state index contributed by atoms with van der Waals surface area (Å²) < 4.78 is 19.1. The van der Waals surface area contributed by atoms with Gasteiger partial charge in [0.1, 0.15) is 17.2 Å². The number of benzene rings is 2. The monoisotopic (exact) mass is 256 g/mol. The van der Waals surface area contributed by atoms with E-state index in [2.05, 4.69) is 0 Å². The maximum absolute atomic E-state index is 13.3. The molecule has 2 aromatic carbocycles. The Hall–Kier alpha value is -2.13. The maximum atomic E-state index is 13.3. The molecule has 96 valence electrons. The number of aryl methyl sites for hydroxylation is 1. The fraction of sp³-hybridized carbons (Fsp3) is 0.125. The number of para-hydroxylation sites is 1. The van der Waals surface area contributed by atoms with Crippen molar-refractivity contribution in [2.45, 2.75) is 13.5 Å². The highest BCUT2D eigenvalue weighted by Gasteiger charge is 2.15. The van der Waals surface area contributed by atoms with Crippen molar-refractivity contribution in [3.05, 3.63) is 59.4 Å². The zero-order chi connectivity index (χ0) is 13.4. The van der Waals surface area contributed by atoms with Crippen LogP contribution in [0.5, 0.6) is 0 Å². The molecule has 0 spiro atoms. The Kier molecular flexibility index (Phi) is 2.84. The van der Waals surface area contributed by atoms with Crippen LogP contribution in [0, 0.1) is 12.7 Å². The number of aliphatic hydroxyl groups is 1. The van der Waals surface area contributed by atoms with Gasteiger partial charge in [0, 0.05) is 16.5 Å². The Labute approximate surface area is 110 Å². The van der Waals surface area contributed by atoms with Gasteiger partial charge in [0.25, 0.3) is 0 Å². The van der Waals surface area contributed by atoms with E-state index in [0.717, 1.165) is 22.1 Å². The Bertz CT molecular complexity index is 744. The lowest BCUT2D eigenvalue weighted by Gasteiger charge is -2.02. The molecule has 3 rings (SSSR count). The minimum absolute atomic E-state index is 0.108. The lowest BCUT2D eigenvalue weighted by molar-refractivity contribution is 0.282. The molecule has 1 heterocycles. The van der Waals surface area contributed by atoms with E-state index in [4.69, 9.17) is 4.42 Å². The molecule has 0 radical (unpaired) electrons. The Morgan fingerprint density at radius 1 is 1.16 bits per heavy atom. The predicted octanol–water partition coefficient (Wildman–Crippen LogP) is 4.04.